The molecule has 1 amide bonds. The van der Waals surface area contributed by atoms with Gasteiger partial charge in [0.05, 0.1) is 10.4 Å². The highest BCUT2D eigenvalue weighted by molar-refractivity contribution is 7.16. The van der Waals surface area contributed by atoms with E-state index in [0.717, 1.165) is 34.2 Å². The molecular weight excluding hydrogens is 305 g/mol. The first kappa shape index (κ1) is 15.1. The second-order valence-electron chi connectivity index (χ2n) is 4.67. The smallest absolute Gasteiger partial charge is 0.237 e. The Labute approximate surface area is 127 Å². The number of carbonyl (C=O) groups excluding carboxylic acids is 1. The van der Waals surface area contributed by atoms with Crippen LogP contribution in [0.3, 0.4) is 0 Å². The minimum Gasteiger partial charge on any atom is -0.376 e. The topological polar surface area (TPSA) is 29.5 Å². The molecule has 6 heteroatoms. The van der Waals surface area contributed by atoms with E-state index in [1.165, 1.54) is 11.3 Å². The van der Waals surface area contributed by atoms with Crippen LogP contribution < -0.4 is 0 Å². The number of ether oxygens (including phenoxy) is 1. The van der Waals surface area contributed by atoms with Gasteiger partial charge in [-0.15, -0.1) is 22.9 Å². The van der Waals surface area contributed by atoms with Gasteiger partial charge >= 0.3 is 0 Å². The Hall–Kier alpha value is -0.290. The highest BCUT2D eigenvalue weighted by Gasteiger charge is 2.23. The molecule has 2 heterocycles. The molecule has 1 unspecified atom stereocenters. The summed E-state index contributed by atoms with van der Waals surface area (Å²) in [6.07, 6.45) is 2.22. The fraction of sp³-hybridized carbons (Fsp3) is 0.615. The maximum Gasteiger partial charge on any atom is 0.237 e. The van der Waals surface area contributed by atoms with Gasteiger partial charge in [0.1, 0.15) is 5.88 Å². The summed E-state index contributed by atoms with van der Waals surface area (Å²) in [5.41, 5.74) is 1.09. The molecule has 0 N–H and O–H groups in total. The van der Waals surface area contributed by atoms with E-state index in [4.69, 9.17) is 27.9 Å². The van der Waals surface area contributed by atoms with E-state index >= 15 is 0 Å². The van der Waals surface area contributed by atoms with Crippen molar-refractivity contribution < 1.29 is 9.53 Å². The third-order valence-electron chi connectivity index (χ3n) is 3.27. The van der Waals surface area contributed by atoms with Gasteiger partial charge in [-0.3, -0.25) is 4.79 Å². The first-order chi connectivity index (χ1) is 9.10. The molecule has 1 aliphatic rings. The maximum absolute atomic E-state index is 11.9. The molecule has 0 bridgehead atoms. The number of alkyl halides is 1. The van der Waals surface area contributed by atoms with Crippen LogP contribution >= 0.6 is 34.5 Å². The summed E-state index contributed by atoms with van der Waals surface area (Å²) >= 11 is 13.2. The molecule has 0 saturated carbocycles. The van der Waals surface area contributed by atoms with Gasteiger partial charge in [-0.05, 0) is 31.4 Å². The van der Waals surface area contributed by atoms with Crippen molar-refractivity contribution in [2.24, 2.45) is 0 Å². The van der Waals surface area contributed by atoms with Crippen molar-refractivity contribution in [2.45, 2.75) is 32.4 Å². The number of hydrogen-bond donors (Lipinski definition) is 0. The Morgan fingerprint density at radius 2 is 2.42 bits per heavy atom. The van der Waals surface area contributed by atoms with Crippen molar-refractivity contribution in [3.63, 3.8) is 0 Å². The molecule has 1 aromatic heterocycles. The molecular formula is C13H17Cl2NO2S. The van der Waals surface area contributed by atoms with Crippen LogP contribution in [0.4, 0.5) is 0 Å². The largest absolute Gasteiger partial charge is 0.376 e. The number of amides is 1. The quantitative estimate of drug-likeness (QED) is 0.777. The molecule has 19 heavy (non-hydrogen) atoms. The normalized spacial score (nSPS) is 18.8. The van der Waals surface area contributed by atoms with Gasteiger partial charge in [0, 0.05) is 24.6 Å². The highest BCUT2D eigenvalue weighted by atomic mass is 35.5. The molecule has 0 spiro atoms. The van der Waals surface area contributed by atoms with Crippen LogP contribution in [-0.4, -0.2) is 35.9 Å². The fourth-order valence-electron chi connectivity index (χ4n) is 2.22. The third kappa shape index (κ3) is 4.09. The first-order valence-electron chi connectivity index (χ1n) is 6.30. The van der Waals surface area contributed by atoms with Crippen LogP contribution in [0.1, 0.15) is 23.3 Å². The zero-order valence-corrected chi connectivity index (χ0v) is 13.2. The average molecular weight is 322 g/mol. The average Bonchev–Trinajstić information content (AvgIpc) is 2.98. The molecule has 0 radical (unpaired) electrons. The lowest BCUT2D eigenvalue weighted by Crippen LogP contribution is -2.37. The Bertz CT molecular complexity index is 444. The van der Waals surface area contributed by atoms with Gasteiger partial charge in [-0.2, -0.15) is 0 Å². The molecule has 3 nitrogen and oxygen atoms in total. The van der Waals surface area contributed by atoms with Crippen molar-refractivity contribution in [1.29, 1.82) is 0 Å². The van der Waals surface area contributed by atoms with E-state index in [2.05, 4.69) is 0 Å². The van der Waals surface area contributed by atoms with Crippen molar-refractivity contribution in [3.05, 3.63) is 20.8 Å². The molecule has 1 atom stereocenters. The molecule has 1 aromatic rings. The number of aryl methyl sites for hydroxylation is 1. The monoisotopic (exact) mass is 321 g/mol. The lowest BCUT2D eigenvalue weighted by molar-refractivity contribution is -0.130. The zero-order valence-electron chi connectivity index (χ0n) is 10.8. The Balaban J connectivity index is 2.04. The van der Waals surface area contributed by atoms with E-state index in [1.807, 2.05) is 13.0 Å². The van der Waals surface area contributed by atoms with Gasteiger partial charge in [0.15, 0.2) is 0 Å². The Morgan fingerprint density at radius 3 is 2.95 bits per heavy atom. The van der Waals surface area contributed by atoms with Crippen LogP contribution in [0, 0.1) is 6.92 Å². The van der Waals surface area contributed by atoms with E-state index in [9.17, 15) is 4.79 Å². The number of carbonyl (C=O) groups is 1. The Morgan fingerprint density at radius 1 is 1.63 bits per heavy atom. The minimum absolute atomic E-state index is 0.00361. The standard InChI is InChI=1S/C13H17Cl2NO2S/c1-9-10(5-12(15)19-9)7-16(13(17)6-14)8-11-3-2-4-18-11/h5,11H,2-4,6-8H2,1H3. The molecule has 0 aliphatic carbocycles. The predicted molar refractivity (Wildman–Crippen MR) is 79.2 cm³/mol. The van der Waals surface area contributed by atoms with Gasteiger partial charge in [-0.1, -0.05) is 11.6 Å². The second-order valence-corrected chi connectivity index (χ2v) is 6.83. The Kier molecular flexibility index (Phi) is 5.51. The molecule has 1 saturated heterocycles. The van der Waals surface area contributed by atoms with Crippen molar-refractivity contribution >= 4 is 40.4 Å². The summed E-state index contributed by atoms with van der Waals surface area (Å²) < 4.78 is 6.34. The van der Waals surface area contributed by atoms with Gasteiger partial charge in [-0.25, -0.2) is 0 Å². The van der Waals surface area contributed by atoms with Gasteiger partial charge < -0.3 is 9.64 Å². The number of thiophene rings is 1. The van der Waals surface area contributed by atoms with Crippen LogP contribution in [0.2, 0.25) is 4.34 Å². The summed E-state index contributed by atoms with van der Waals surface area (Å²) in [5.74, 6) is -0.0530. The van der Waals surface area contributed by atoms with Gasteiger partial charge in [0.2, 0.25) is 5.91 Å². The number of hydrogen-bond acceptors (Lipinski definition) is 3. The van der Waals surface area contributed by atoms with Crippen LogP contribution in [0.15, 0.2) is 6.07 Å². The second kappa shape index (κ2) is 6.93. The van der Waals surface area contributed by atoms with Crippen LogP contribution in [-0.2, 0) is 16.1 Å². The highest BCUT2D eigenvalue weighted by Crippen LogP contribution is 2.27. The summed E-state index contributed by atoms with van der Waals surface area (Å²) in [7, 11) is 0. The lowest BCUT2D eigenvalue weighted by Gasteiger charge is -2.24. The van der Waals surface area contributed by atoms with Crippen molar-refractivity contribution in [2.75, 3.05) is 19.0 Å². The summed E-state index contributed by atoms with van der Waals surface area (Å²) in [5, 5.41) is 0. The van der Waals surface area contributed by atoms with E-state index < -0.39 is 0 Å². The third-order valence-corrected chi connectivity index (χ3v) is 4.72. The van der Waals surface area contributed by atoms with E-state index in [1.54, 1.807) is 4.90 Å². The van der Waals surface area contributed by atoms with Crippen LogP contribution in [0.25, 0.3) is 0 Å². The van der Waals surface area contributed by atoms with Crippen molar-refractivity contribution in [1.82, 2.24) is 4.90 Å². The van der Waals surface area contributed by atoms with Crippen LogP contribution in [0.5, 0.6) is 0 Å². The summed E-state index contributed by atoms with van der Waals surface area (Å²) in [4.78, 5) is 14.8. The van der Waals surface area contributed by atoms with E-state index in [-0.39, 0.29) is 17.9 Å². The number of nitrogens with zero attached hydrogens (tertiary/aromatic N) is 1. The van der Waals surface area contributed by atoms with E-state index in [0.29, 0.717) is 13.1 Å². The molecule has 1 fully saturated rings. The first-order valence-corrected chi connectivity index (χ1v) is 8.03. The molecule has 1 aliphatic heterocycles. The molecule has 2 rings (SSSR count). The summed E-state index contributed by atoms with van der Waals surface area (Å²) in [6, 6.07) is 1.92. The zero-order chi connectivity index (χ0) is 13.8. The summed E-state index contributed by atoms with van der Waals surface area (Å²) in [6.45, 7) is 3.97. The SMILES string of the molecule is Cc1sc(Cl)cc1CN(CC1CCCO1)C(=O)CCl. The van der Waals surface area contributed by atoms with Crippen molar-refractivity contribution in [3.8, 4) is 0 Å². The van der Waals surface area contributed by atoms with Gasteiger partial charge in [0.25, 0.3) is 0 Å². The number of halogens is 2. The minimum atomic E-state index is -0.0566. The molecule has 0 aromatic carbocycles. The maximum atomic E-state index is 11.9. The fourth-order valence-corrected chi connectivity index (χ4v) is 3.61. The molecule has 106 valence electrons. The predicted octanol–water partition coefficient (Wildman–Crippen LogP) is 3.46. The number of rotatable bonds is 5. The lowest BCUT2D eigenvalue weighted by atomic mass is 10.2.